The first-order valence-corrected chi connectivity index (χ1v) is 8.78. The molecule has 0 aliphatic carbocycles. The van der Waals surface area contributed by atoms with E-state index in [9.17, 15) is 5.11 Å². The van der Waals surface area contributed by atoms with E-state index in [1.165, 1.54) is 5.56 Å². The lowest BCUT2D eigenvalue weighted by molar-refractivity contribution is 0.108. The summed E-state index contributed by atoms with van der Waals surface area (Å²) >= 11 is 1.61. The molecule has 23 heavy (non-hydrogen) atoms. The number of likely N-dealkylation sites (tertiary alicyclic amines) is 1. The number of aliphatic hydroxyl groups excluding tert-OH is 1. The maximum absolute atomic E-state index is 10.5. The third kappa shape index (κ3) is 3.52. The van der Waals surface area contributed by atoms with E-state index in [0.717, 1.165) is 35.8 Å². The molecule has 4 nitrogen and oxygen atoms in total. The maximum atomic E-state index is 10.5. The Bertz CT molecular complexity index is 629. The van der Waals surface area contributed by atoms with Crippen molar-refractivity contribution in [2.75, 3.05) is 27.3 Å². The lowest BCUT2D eigenvalue weighted by Crippen LogP contribution is -2.28. The first-order valence-electron chi connectivity index (χ1n) is 7.90. The van der Waals surface area contributed by atoms with Crippen LogP contribution in [0.5, 0.6) is 11.5 Å². The van der Waals surface area contributed by atoms with Crippen LogP contribution in [0.4, 0.5) is 0 Å². The summed E-state index contributed by atoms with van der Waals surface area (Å²) in [7, 11) is 3.35. The zero-order valence-electron chi connectivity index (χ0n) is 13.6. The van der Waals surface area contributed by atoms with Gasteiger partial charge in [0, 0.05) is 29.1 Å². The van der Waals surface area contributed by atoms with Gasteiger partial charge in [0.1, 0.15) is 17.6 Å². The molecule has 1 saturated heterocycles. The summed E-state index contributed by atoms with van der Waals surface area (Å²) in [6, 6.07) is 10.3. The number of thiophene rings is 1. The Morgan fingerprint density at radius 2 is 2.17 bits per heavy atom. The predicted octanol–water partition coefficient (Wildman–Crippen LogP) is 3.64. The molecule has 0 spiro atoms. The average molecular weight is 333 g/mol. The molecule has 2 aromatic rings. The standard InChI is InChI=1S/C18H23NO3S/c1-21-13-7-8-14(17(11-13)22-2)15-5-3-9-19(15)12-16(20)18-6-4-10-23-18/h4,6-8,10-11,15-16,20H,3,5,9,12H2,1-2H3/t15-,16-/m1/s1. The minimum absolute atomic E-state index is 0.283. The van der Waals surface area contributed by atoms with Crippen LogP contribution in [-0.2, 0) is 0 Å². The van der Waals surface area contributed by atoms with Gasteiger partial charge in [-0.15, -0.1) is 11.3 Å². The number of benzene rings is 1. The molecule has 1 fully saturated rings. The van der Waals surface area contributed by atoms with Crippen LogP contribution in [0.2, 0.25) is 0 Å². The van der Waals surface area contributed by atoms with Crippen molar-refractivity contribution >= 4 is 11.3 Å². The Morgan fingerprint density at radius 3 is 2.87 bits per heavy atom. The molecule has 1 aliphatic rings. The third-order valence-electron chi connectivity index (χ3n) is 4.44. The average Bonchev–Trinajstić information content (AvgIpc) is 3.26. The molecule has 1 aromatic carbocycles. The molecule has 1 N–H and O–H groups in total. The highest BCUT2D eigenvalue weighted by Gasteiger charge is 2.30. The number of nitrogens with zero attached hydrogens (tertiary/aromatic N) is 1. The number of hydrogen-bond donors (Lipinski definition) is 1. The number of ether oxygens (including phenoxy) is 2. The van der Waals surface area contributed by atoms with E-state index < -0.39 is 6.10 Å². The van der Waals surface area contributed by atoms with Gasteiger partial charge in [-0.25, -0.2) is 0 Å². The highest BCUT2D eigenvalue weighted by atomic mass is 32.1. The molecule has 3 rings (SSSR count). The van der Waals surface area contributed by atoms with Crippen molar-refractivity contribution in [2.24, 2.45) is 0 Å². The van der Waals surface area contributed by atoms with Crippen LogP contribution < -0.4 is 9.47 Å². The number of hydrogen-bond acceptors (Lipinski definition) is 5. The summed E-state index contributed by atoms with van der Waals surface area (Å²) in [6.07, 6.45) is 1.79. The van der Waals surface area contributed by atoms with Crippen LogP contribution in [0.25, 0.3) is 0 Å². The van der Waals surface area contributed by atoms with Crippen LogP contribution >= 0.6 is 11.3 Å². The zero-order valence-corrected chi connectivity index (χ0v) is 14.4. The zero-order chi connectivity index (χ0) is 16.2. The van der Waals surface area contributed by atoms with Crippen LogP contribution in [0, 0.1) is 0 Å². The quantitative estimate of drug-likeness (QED) is 0.876. The van der Waals surface area contributed by atoms with Gasteiger partial charge in [0.15, 0.2) is 0 Å². The number of rotatable bonds is 6. The van der Waals surface area contributed by atoms with Gasteiger partial charge in [0.25, 0.3) is 0 Å². The molecule has 0 unspecified atom stereocenters. The third-order valence-corrected chi connectivity index (χ3v) is 5.42. The van der Waals surface area contributed by atoms with Gasteiger partial charge in [-0.05, 0) is 36.9 Å². The molecule has 0 saturated carbocycles. The number of aliphatic hydroxyl groups is 1. The molecule has 0 bridgehead atoms. The molecule has 5 heteroatoms. The minimum atomic E-state index is -0.431. The molecule has 0 radical (unpaired) electrons. The molecule has 2 heterocycles. The van der Waals surface area contributed by atoms with Crippen molar-refractivity contribution in [1.82, 2.24) is 4.90 Å². The fraction of sp³-hybridized carbons (Fsp3) is 0.444. The summed E-state index contributed by atoms with van der Waals surface area (Å²) in [4.78, 5) is 3.38. The van der Waals surface area contributed by atoms with E-state index in [1.54, 1.807) is 25.6 Å². The van der Waals surface area contributed by atoms with Gasteiger partial charge in [0.05, 0.1) is 14.2 Å². The lowest BCUT2D eigenvalue weighted by atomic mass is 10.0. The molecular formula is C18H23NO3S. The first-order chi connectivity index (χ1) is 11.2. The van der Waals surface area contributed by atoms with Gasteiger partial charge in [-0.1, -0.05) is 12.1 Å². The van der Waals surface area contributed by atoms with E-state index in [-0.39, 0.29) is 6.04 Å². The Hall–Kier alpha value is -1.56. The minimum Gasteiger partial charge on any atom is -0.497 e. The van der Waals surface area contributed by atoms with Crippen molar-refractivity contribution in [3.8, 4) is 11.5 Å². The molecule has 1 aliphatic heterocycles. The SMILES string of the molecule is COc1ccc([C@H]2CCCN2C[C@@H](O)c2cccs2)c(OC)c1. The van der Waals surface area contributed by atoms with Gasteiger partial charge in [-0.3, -0.25) is 4.90 Å². The Labute approximate surface area is 141 Å². The summed E-state index contributed by atoms with van der Waals surface area (Å²) < 4.78 is 10.8. The normalized spacial score (nSPS) is 19.7. The van der Waals surface area contributed by atoms with E-state index in [0.29, 0.717) is 6.54 Å². The Morgan fingerprint density at radius 1 is 1.30 bits per heavy atom. The Balaban J connectivity index is 1.78. The highest BCUT2D eigenvalue weighted by molar-refractivity contribution is 7.10. The predicted molar refractivity (Wildman–Crippen MR) is 92.4 cm³/mol. The van der Waals surface area contributed by atoms with E-state index in [4.69, 9.17) is 9.47 Å². The molecular weight excluding hydrogens is 310 g/mol. The second kappa shape index (κ2) is 7.34. The van der Waals surface area contributed by atoms with Crippen molar-refractivity contribution in [3.63, 3.8) is 0 Å². The second-order valence-electron chi connectivity index (χ2n) is 5.79. The largest absolute Gasteiger partial charge is 0.497 e. The van der Waals surface area contributed by atoms with Crippen LogP contribution in [0.3, 0.4) is 0 Å². The molecule has 2 atom stereocenters. The lowest BCUT2D eigenvalue weighted by Gasteiger charge is -2.28. The number of β-amino-alcohol motifs (C(OH)–C–C–N with tert-alkyl or cyclic N) is 1. The fourth-order valence-corrected chi connectivity index (χ4v) is 3.99. The first kappa shape index (κ1) is 16.3. The summed E-state index contributed by atoms with van der Waals surface area (Å²) in [5.74, 6) is 1.65. The van der Waals surface area contributed by atoms with Gasteiger partial charge >= 0.3 is 0 Å². The topological polar surface area (TPSA) is 41.9 Å². The monoisotopic (exact) mass is 333 g/mol. The van der Waals surface area contributed by atoms with E-state index >= 15 is 0 Å². The smallest absolute Gasteiger partial charge is 0.127 e. The molecule has 124 valence electrons. The number of methoxy groups -OCH3 is 2. The van der Waals surface area contributed by atoms with E-state index in [1.807, 2.05) is 29.6 Å². The molecule has 0 amide bonds. The fourth-order valence-electron chi connectivity index (χ4n) is 3.28. The summed E-state index contributed by atoms with van der Waals surface area (Å²) in [6.45, 7) is 1.66. The highest BCUT2D eigenvalue weighted by Crippen LogP contribution is 2.39. The summed E-state index contributed by atoms with van der Waals surface area (Å²) in [5, 5.41) is 12.5. The van der Waals surface area contributed by atoms with Gasteiger partial charge < -0.3 is 14.6 Å². The summed E-state index contributed by atoms with van der Waals surface area (Å²) in [5.41, 5.74) is 1.17. The van der Waals surface area contributed by atoms with Gasteiger partial charge in [0.2, 0.25) is 0 Å². The van der Waals surface area contributed by atoms with Crippen molar-refractivity contribution in [2.45, 2.75) is 25.0 Å². The van der Waals surface area contributed by atoms with E-state index in [2.05, 4.69) is 11.0 Å². The maximum Gasteiger partial charge on any atom is 0.127 e. The van der Waals surface area contributed by atoms with Gasteiger partial charge in [-0.2, -0.15) is 0 Å². The van der Waals surface area contributed by atoms with Crippen LogP contribution in [-0.4, -0.2) is 37.3 Å². The molecule has 1 aromatic heterocycles. The van der Waals surface area contributed by atoms with Crippen LogP contribution in [0.15, 0.2) is 35.7 Å². The van der Waals surface area contributed by atoms with Crippen molar-refractivity contribution in [1.29, 1.82) is 0 Å². The Kier molecular flexibility index (Phi) is 5.20. The van der Waals surface area contributed by atoms with Crippen LogP contribution in [0.1, 0.15) is 35.4 Å². The second-order valence-corrected chi connectivity index (χ2v) is 6.77. The van der Waals surface area contributed by atoms with Crippen molar-refractivity contribution in [3.05, 3.63) is 46.2 Å². The van der Waals surface area contributed by atoms with Crippen molar-refractivity contribution < 1.29 is 14.6 Å².